The van der Waals surface area contributed by atoms with Gasteiger partial charge in [0, 0.05) is 11.8 Å². The van der Waals surface area contributed by atoms with Gasteiger partial charge in [-0.1, -0.05) is 34.9 Å². The first-order chi connectivity index (χ1) is 7.84. The highest BCUT2D eigenvalue weighted by molar-refractivity contribution is 5.61. The van der Waals surface area contributed by atoms with E-state index in [9.17, 15) is 0 Å². The van der Waals surface area contributed by atoms with Crippen molar-refractivity contribution in [1.82, 2.24) is 25.0 Å². The van der Waals surface area contributed by atoms with E-state index < -0.39 is 0 Å². The molecule has 2 aromatic heterocycles. The van der Waals surface area contributed by atoms with E-state index in [2.05, 4.69) is 39.6 Å². The maximum atomic E-state index is 4.07. The molecule has 0 saturated heterocycles. The van der Waals surface area contributed by atoms with Gasteiger partial charge in [-0.2, -0.15) is 4.52 Å². The molecule has 78 valence electrons. The standard InChI is InChI=1S/C11H9N5/c1-8-2-4-9(5-3-8)10-6-7-12-11-13-14-15-16(10)11/h2-7H,1H3. The van der Waals surface area contributed by atoms with Crippen molar-refractivity contribution in [3.8, 4) is 11.3 Å². The summed E-state index contributed by atoms with van der Waals surface area (Å²) in [5, 5.41) is 11.3. The molecule has 0 unspecified atom stereocenters. The first-order valence-electron chi connectivity index (χ1n) is 4.95. The van der Waals surface area contributed by atoms with Crippen LogP contribution >= 0.6 is 0 Å². The lowest BCUT2D eigenvalue weighted by molar-refractivity contribution is 0.826. The number of aryl methyl sites for hydroxylation is 1. The van der Waals surface area contributed by atoms with E-state index in [1.54, 1.807) is 10.7 Å². The second-order valence-corrected chi connectivity index (χ2v) is 3.59. The quantitative estimate of drug-likeness (QED) is 0.612. The largest absolute Gasteiger partial charge is 0.273 e. The molecule has 0 aliphatic rings. The van der Waals surface area contributed by atoms with E-state index in [1.165, 1.54) is 5.56 Å². The lowest BCUT2D eigenvalue weighted by Crippen LogP contribution is -1.95. The number of rotatable bonds is 1. The van der Waals surface area contributed by atoms with Crippen molar-refractivity contribution in [2.75, 3.05) is 0 Å². The molecule has 16 heavy (non-hydrogen) atoms. The molecule has 0 bridgehead atoms. The van der Waals surface area contributed by atoms with Crippen molar-refractivity contribution in [3.63, 3.8) is 0 Å². The molecular formula is C11H9N5. The normalized spacial score (nSPS) is 10.8. The van der Waals surface area contributed by atoms with Crippen LogP contribution in [0.15, 0.2) is 36.5 Å². The third-order valence-corrected chi connectivity index (χ3v) is 2.45. The first-order valence-corrected chi connectivity index (χ1v) is 4.95. The molecule has 2 heterocycles. The van der Waals surface area contributed by atoms with Crippen molar-refractivity contribution >= 4 is 5.78 Å². The van der Waals surface area contributed by atoms with E-state index in [0.717, 1.165) is 11.3 Å². The summed E-state index contributed by atoms with van der Waals surface area (Å²) in [4.78, 5) is 4.07. The first kappa shape index (κ1) is 8.96. The minimum atomic E-state index is 0.512. The maximum absolute atomic E-state index is 4.07. The SMILES string of the molecule is Cc1ccc(-c2ccnc3nnnn23)cc1. The van der Waals surface area contributed by atoms with Crippen molar-refractivity contribution in [2.24, 2.45) is 0 Å². The molecular weight excluding hydrogens is 202 g/mol. The van der Waals surface area contributed by atoms with E-state index in [-0.39, 0.29) is 0 Å². The number of tetrazole rings is 1. The lowest BCUT2D eigenvalue weighted by Gasteiger charge is -2.02. The Labute approximate surface area is 91.8 Å². The third kappa shape index (κ3) is 1.33. The molecule has 0 atom stereocenters. The summed E-state index contributed by atoms with van der Waals surface area (Å²) < 4.78 is 1.63. The van der Waals surface area contributed by atoms with Gasteiger partial charge in [-0.3, -0.25) is 0 Å². The average Bonchev–Trinajstić information content (AvgIpc) is 2.78. The highest BCUT2D eigenvalue weighted by Gasteiger charge is 2.05. The van der Waals surface area contributed by atoms with Gasteiger partial charge in [-0.15, -0.1) is 0 Å². The summed E-state index contributed by atoms with van der Waals surface area (Å²) in [6.45, 7) is 2.06. The molecule has 3 rings (SSSR count). The highest BCUT2D eigenvalue weighted by atomic mass is 15.5. The zero-order valence-corrected chi connectivity index (χ0v) is 8.70. The van der Waals surface area contributed by atoms with Gasteiger partial charge in [-0.25, -0.2) is 4.98 Å². The molecule has 0 spiro atoms. The van der Waals surface area contributed by atoms with E-state index in [4.69, 9.17) is 0 Å². The van der Waals surface area contributed by atoms with Crippen molar-refractivity contribution < 1.29 is 0 Å². The van der Waals surface area contributed by atoms with Crippen LogP contribution in [0.4, 0.5) is 0 Å². The molecule has 0 aliphatic carbocycles. The fourth-order valence-electron chi connectivity index (χ4n) is 1.61. The van der Waals surface area contributed by atoms with Crippen LogP contribution in [0.5, 0.6) is 0 Å². The molecule has 5 nitrogen and oxygen atoms in total. The molecule has 0 saturated carbocycles. The van der Waals surface area contributed by atoms with Crippen LogP contribution in [0, 0.1) is 6.92 Å². The molecule has 5 heteroatoms. The van der Waals surface area contributed by atoms with Gasteiger partial charge in [0.15, 0.2) is 0 Å². The Morgan fingerprint density at radius 1 is 1.06 bits per heavy atom. The summed E-state index contributed by atoms with van der Waals surface area (Å²) in [5.74, 6) is 0.512. The monoisotopic (exact) mass is 211 g/mol. The second-order valence-electron chi connectivity index (χ2n) is 3.59. The molecule has 0 amide bonds. The van der Waals surface area contributed by atoms with E-state index in [0.29, 0.717) is 5.78 Å². The summed E-state index contributed by atoms with van der Waals surface area (Å²) in [6, 6.07) is 10.1. The summed E-state index contributed by atoms with van der Waals surface area (Å²) in [7, 11) is 0. The molecule has 0 fully saturated rings. The van der Waals surface area contributed by atoms with Gasteiger partial charge in [0.1, 0.15) is 0 Å². The van der Waals surface area contributed by atoms with Gasteiger partial charge in [0.2, 0.25) is 0 Å². The number of benzene rings is 1. The smallest absolute Gasteiger partial charge is 0.218 e. The lowest BCUT2D eigenvalue weighted by atomic mass is 10.1. The Morgan fingerprint density at radius 3 is 2.69 bits per heavy atom. The van der Waals surface area contributed by atoms with Crippen molar-refractivity contribution in [2.45, 2.75) is 6.92 Å². The van der Waals surface area contributed by atoms with Gasteiger partial charge in [0.25, 0.3) is 5.78 Å². The molecule has 1 aromatic carbocycles. The average molecular weight is 211 g/mol. The predicted molar refractivity (Wildman–Crippen MR) is 58.8 cm³/mol. The van der Waals surface area contributed by atoms with Crippen LogP contribution in [0.1, 0.15) is 5.56 Å². The molecule has 0 N–H and O–H groups in total. The summed E-state index contributed by atoms with van der Waals surface area (Å²) in [5.41, 5.74) is 3.24. The second kappa shape index (κ2) is 3.37. The summed E-state index contributed by atoms with van der Waals surface area (Å²) in [6.07, 6.45) is 1.71. The third-order valence-electron chi connectivity index (χ3n) is 2.45. The topological polar surface area (TPSA) is 56.0 Å². The van der Waals surface area contributed by atoms with Gasteiger partial charge >= 0.3 is 0 Å². The number of hydrogen-bond acceptors (Lipinski definition) is 4. The highest BCUT2D eigenvalue weighted by Crippen LogP contribution is 2.18. The van der Waals surface area contributed by atoms with Crippen LogP contribution in [0.3, 0.4) is 0 Å². The molecule has 3 aromatic rings. The Bertz CT molecular complexity index is 626. The minimum absolute atomic E-state index is 0.512. The fourth-order valence-corrected chi connectivity index (χ4v) is 1.61. The Morgan fingerprint density at radius 2 is 1.88 bits per heavy atom. The number of hydrogen-bond donors (Lipinski definition) is 0. The van der Waals surface area contributed by atoms with Crippen LogP contribution in [-0.4, -0.2) is 25.0 Å². The van der Waals surface area contributed by atoms with E-state index >= 15 is 0 Å². The zero-order valence-electron chi connectivity index (χ0n) is 8.70. The van der Waals surface area contributed by atoms with Crippen LogP contribution in [0.2, 0.25) is 0 Å². The van der Waals surface area contributed by atoms with Gasteiger partial charge in [0.05, 0.1) is 5.69 Å². The minimum Gasteiger partial charge on any atom is -0.218 e. The van der Waals surface area contributed by atoms with Crippen molar-refractivity contribution in [3.05, 3.63) is 42.1 Å². The Balaban J connectivity index is 2.25. The van der Waals surface area contributed by atoms with Gasteiger partial charge < -0.3 is 0 Å². The maximum Gasteiger partial charge on any atom is 0.273 e. The summed E-state index contributed by atoms with van der Waals surface area (Å²) >= 11 is 0. The van der Waals surface area contributed by atoms with Gasteiger partial charge in [-0.05, 0) is 23.4 Å². The number of nitrogens with zero attached hydrogens (tertiary/aromatic N) is 5. The predicted octanol–water partition coefficient (Wildman–Crippen LogP) is 1.49. The number of aromatic nitrogens is 5. The Kier molecular flexibility index (Phi) is 1.89. The van der Waals surface area contributed by atoms with Crippen LogP contribution in [-0.2, 0) is 0 Å². The molecule has 0 radical (unpaired) electrons. The van der Waals surface area contributed by atoms with Crippen molar-refractivity contribution in [1.29, 1.82) is 0 Å². The van der Waals surface area contributed by atoms with Crippen LogP contribution in [0.25, 0.3) is 17.0 Å². The molecule has 0 aliphatic heterocycles. The Hall–Kier alpha value is -2.30. The van der Waals surface area contributed by atoms with E-state index in [1.807, 2.05) is 18.2 Å². The number of fused-ring (bicyclic) bond motifs is 1. The zero-order chi connectivity index (χ0) is 11.0. The fraction of sp³-hybridized carbons (Fsp3) is 0.0909. The van der Waals surface area contributed by atoms with Crippen LogP contribution < -0.4 is 0 Å².